The summed E-state index contributed by atoms with van der Waals surface area (Å²) in [7, 11) is 1.88. The molecule has 1 amide bonds. The number of aryl methyl sites for hydroxylation is 1. The van der Waals surface area contributed by atoms with E-state index in [4.69, 9.17) is 0 Å². The van der Waals surface area contributed by atoms with Crippen molar-refractivity contribution in [3.63, 3.8) is 0 Å². The summed E-state index contributed by atoms with van der Waals surface area (Å²) in [5.74, 6) is -0.995. The molecule has 1 unspecified atom stereocenters. The lowest BCUT2D eigenvalue weighted by Crippen LogP contribution is -2.49. The Labute approximate surface area is 194 Å². The summed E-state index contributed by atoms with van der Waals surface area (Å²) in [5, 5.41) is 10.6. The van der Waals surface area contributed by atoms with Crippen molar-refractivity contribution < 1.29 is 13.6 Å². The Morgan fingerprint density at radius 1 is 1.27 bits per heavy atom. The van der Waals surface area contributed by atoms with E-state index in [2.05, 4.69) is 25.7 Å². The molecule has 2 aromatic heterocycles. The Morgan fingerprint density at radius 3 is 2.64 bits per heavy atom. The number of hydrogen-bond donors (Lipinski definition) is 2. The van der Waals surface area contributed by atoms with E-state index >= 15 is 0 Å². The van der Waals surface area contributed by atoms with Crippen molar-refractivity contribution in [1.29, 1.82) is 0 Å². The van der Waals surface area contributed by atoms with E-state index in [1.165, 1.54) is 0 Å². The second-order valence-corrected chi connectivity index (χ2v) is 9.34. The van der Waals surface area contributed by atoms with Gasteiger partial charge in [0.1, 0.15) is 11.7 Å². The van der Waals surface area contributed by atoms with E-state index in [9.17, 15) is 13.6 Å². The van der Waals surface area contributed by atoms with Gasteiger partial charge in [0, 0.05) is 44.7 Å². The number of hydrogen-bond acceptors (Lipinski definition) is 6. The van der Waals surface area contributed by atoms with Crippen LogP contribution in [0.3, 0.4) is 0 Å². The summed E-state index contributed by atoms with van der Waals surface area (Å²) in [6.07, 6.45) is 4.71. The Bertz CT molecular complexity index is 981. The van der Waals surface area contributed by atoms with Crippen LogP contribution < -0.4 is 15.5 Å². The van der Waals surface area contributed by atoms with Gasteiger partial charge >= 0.3 is 0 Å². The van der Waals surface area contributed by atoms with Gasteiger partial charge in [-0.1, -0.05) is 21.3 Å². The van der Waals surface area contributed by atoms with Crippen LogP contribution in [0.15, 0.2) is 12.4 Å². The van der Waals surface area contributed by atoms with Gasteiger partial charge in [0.25, 0.3) is 0 Å². The number of halogens is 2. The quantitative estimate of drug-likeness (QED) is 0.657. The molecule has 33 heavy (non-hydrogen) atoms. The first kappa shape index (κ1) is 24.9. The number of amides is 1. The third-order valence-electron chi connectivity index (χ3n) is 6.39. The zero-order valence-corrected chi connectivity index (χ0v) is 19.0. The highest BCUT2D eigenvalue weighted by molar-refractivity contribution is 6.03. The third kappa shape index (κ3) is 5.42. The van der Waals surface area contributed by atoms with E-state index < -0.39 is 5.92 Å². The van der Waals surface area contributed by atoms with Gasteiger partial charge < -0.3 is 15.5 Å². The summed E-state index contributed by atoms with van der Waals surface area (Å²) in [4.78, 5) is 23.5. The Morgan fingerprint density at radius 2 is 1.97 bits per heavy atom. The molecule has 0 aromatic carbocycles. The SMILES string of the molecule is C.Cc1nc(NCc2cnn(CC3CCC(F)(F)CC3)c2)nc2c1NC(=O)C(C(C)C)N2C. The molecule has 4 rings (SSSR count). The number of fused-ring (bicyclic) bond motifs is 1. The van der Waals surface area contributed by atoms with Crippen LogP contribution in [0.5, 0.6) is 0 Å². The molecule has 1 saturated carbocycles. The molecule has 3 heterocycles. The number of likely N-dealkylation sites (N-methyl/N-ethyl adjacent to an activating group) is 1. The van der Waals surface area contributed by atoms with Crippen LogP contribution in [0.4, 0.5) is 26.2 Å². The van der Waals surface area contributed by atoms with Crippen molar-refractivity contribution in [2.45, 2.75) is 78.9 Å². The van der Waals surface area contributed by atoms with Crippen LogP contribution >= 0.6 is 0 Å². The second-order valence-electron chi connectivity index (χ2n) is 9.34. The number of anilines is 3. The van der Waals surface area contributed by atoms with Gasteiger partial charge in [-0.3, -0.25) is 9.48 Å². The minimum absolute atomic E-state index is 0. The van der Waals surface area contributed by atoms with Gasteiger partial charge in [-0.05, 0) is 31.6 Å². The lowest BCUT2D eigenvalue weighted by Gasteiger charge is -2.36. The van der Waals surface area contributed by atoms with E-state index in [0.717, 1.165) is 5.56 Å². The molecule has 1 atom stereocenters. The zero-order valence-electron chi connectivity index (χ0n) is 19.0. The first-order valence-electron chi connectivity index (χ1n) is 11.2. The average molecular weight is 464 g/mol. The minimum Gasteiger partial charge on any atom is -0.350 e. The van der Waals surface area contributed by atoms with Gasteiger partial charge in [0.2, 0.25) is 17.8 Å². The molecule has 182 valence electrons. The molecule has 0 saturated heterocycles. The van der Waals surface area contributed by atoms with Crippen LogP contribution in [0.25, 0.3) is 0 Å². The summed E-state index contributed by atoms with van der Waals surface area (Å²) < 4.78 is 28.5. The first-order chi connectivity index (χ1) is 15.1. The predicted octanol–water partition coefficient (Wildman–Crippen LogP) is 4.47. The molecule has 1 aliphatic carbocycles. The number of carbonyl (C=O) groups excluding carboxylic acids is 1. The van der Waals surface area contributed by atoms with Crippen molar-refractivity contribution in [2.24, 2.45) is 11.8 Å². The minimum atomic E-state index is -2.51. The first-order valence-corrected chi connectivity index (χ1v) is 11.2. The largest absolute Gasteiger partial charge is 0.350 e. The highest BCUT2D eigenvalue weighted by Gasteiger charge is 2.36. The van der Waals surface area contributed by atoms with Gasteiger partial charge in [-0.2, -0.15) is 10.1 Å². The van der Waals surface area contributed by atoms with Crippen LogP contribution in [0, 0.1) is 18.8 Å². The predicted molar refractivity (Wildman–Crippen MR) is 126 cm³/mol. The van der Waals surface area contributed by atoms with E-state index in [1.807, 2.05) is 43.6 Å². The molecule has 0 bridgehead atoms. The van der Waals surface area contributed by atoms with Gasteiger partial charge in [0.15, 0.2) is 5.82 Å². The fourth-order valence-electron chi connectivity index (χ4n) is 4.62. The summed E-state index contributed by atoms with van der Waals surface area (Å²) in [5.41, 5.74) is 2.31. The third-order valence-corrected chi connectivity index (χ3v) is 6.39. The summed E-state index contributed by atoms with van der Waals surface area (Å²) >= 11 is 0. The maximum Gasteiger partial charge on any atom is 0.248 e. The van der Waals surface area contributed by atoms with Crippen LogP contribution in [0.1, 0.15) is 58.2 Å². The average Bonchev–Trinajstić information content (AvgIpc) is 3.16. The molecule has 1 aliphatic heterocycles. The fraction of sp³-hybridized carbons (Fsp3) is 0.652. The van der Waals surface area contributed by atoms with Crippen molar-refractivity contribution in [1.82, 2.24) is 19.7 Å². The molecular formula is C23H35F2N7O. The standard InChI is InChI=1S/C22H31F2N7O.CH4/c1-13(2)18-20(32)28-17-14(3)27-21(29-19(17)30(18)4)25-9-16-10-26-31(12-16)11-15-5-7-22(23,24)8-6-15;/h10,12-13,15,18H,5-9,11H2,1-4H3,(H,28,32)(H,25,27,29);1H4. The fourth-order valence-corrected chi connectivity index (χ4v) is 4.62. The molecule has 2 aliphatic rings. The lowest BCUT2D eigenvalue weighted by atomic mass is 9.87. The molecule has 2 aromatic rings. The number of alkyl halides is 2. The van der Waals surface area contributed by atoms with Crippen molar-refractivity contribution in [3.05, 3.63) is 23.7 Å². The van der Waals surface area contributed by atoms with Crippen molar-refractivity contribution in [3.8, 4) is 0 Å². The van der Waals surface area contributed by atoms with E-state index in [1.54, 1.807) is 6.20 Å². The highest BCUT2D eigenvalue weighted by atomic mass is 19.3. The number of aromatic nitrogens is 4. The van der Waals surface area contributed by atoms with Crippen molar-refractivity contribution in [2.75, 3.05) is 22.6 Å². The Balaban J connectivity index is 0.00000306. The normalized spacial score (nSPS) is 20.3. The van der Waals surface area contributed by atoms with Crippen LogP contribution in [-0.4, -0.2) is 44.7 Å². The van der Waals surface area contributed by atoms with Crippen LogP contribution in [0.2, 0.25) is 0 Å². The van der Waals surface area contributed by atoms with E-state index in [0.29, 0.717) is 49.1 Å². The molecule has 10 heteroatoms. The van der Waals surface area contributed by atoms with Gasteiger partial charge in [0.05, 0.1) is 11.9 Å². The maximum absolute atomic E-state index is 13.4. The molecule has 0 spiro atoms. The monoisotopic (exact) mass is 463 g/mol. The van der Waals surface area contributed by atoms with Crippen LogP contribution in [-0.2, 0) is 17.9 Å². The Kier molecular flexibility index (Phi) is 7.23. The number of rotatable bonds is 6. The second kappa shape index (κ2) is 9.61. The van der Waals surface area contributed by atoms with E-state index in [-0.39, 0.29) is 44.1 Å². The zero-order chi connectivity index (χ0) is 23.0. The molecule has 2 N–H and O–H groups in total. The van der Waals surface area contributed by atoms with Gasteiger partial charge in [-0.15, -0.1) is 0 Å². The molecule has 1 fully saturated rings. The maximum atomic E-state index is 13.4. The molecular weight excluding hydrogens is 428 g/mol. The topological polar surface area (TPSA) is 88.0 Å². The molecule has 0 radical (unpaired) electrons. The Hall–Kier alpha value is -2.78. The summed E-state index contributed by atoms with van der Waals surface area (Å²) in [6, 6.07) is -0.289. The summed E-state index contributed by atoms with van der Waals surface area (Å²) in [6.45, 7) is 7.02. The number of carbonyl (C=O) groups is 1. The molecule has 8 nitrogen and oxygen atoms in total. The van der Waals surface area contributed by atoms with Gasteiger partial charge in [-0.25, -0.2) is 13.8 Å². The number of nitrogens with one attached hydrogen (secondary N) is 2. The number of nitrogens with zero attached hydrogens (tertiary/aromatic N) is 5. The van der Waals surface area contributed by atoms with Crippen molar-refractivity contribution >= 4 is 23.4 Å². The lowest BCUT2D eigenvalue weighted by molar-refractivity contribution is -0.118. The smallest absolute Gasteiger partial charge is 0.248 e. The highest BCUT2D eigenvalue weighted by Crippen LogP contribution is 2.37.